The lowest BCUT2D eigenvalue weighted by atomic mass is 10.0. The number of non-ortho nitro benzene ring substituents is 1. The summed E-state index contributed by atoms with van der Waals surface area (Å²) in [6.07, 6.45) is 0.704. The summed E-state index contributed by atoms with van der Waals surface area (Å²) in [5.41, 5.74) is 1.36. The summed E-state index contributed by atoms with van der Waals surface area (Å²) < 4.78 is 5.52. The fourth-order valence-electron chi connectivity index (χ4n) is 2.75. The van der Waals surface area contributed by atoms with E-state index in [1.165, 1.54) is 18.2 Å². The molecule has 0 atom stereocenters. The Balaban J connectivity index is 1.72. The number of nitrogens with one attached hydrogen (secondary N) is 1. The van der Waals surface area contributed by atoms with E-state index >= 15 is 0 Å². The van der Waals surface area contributed by atoms with Crippen LogP contribution in [0.2, 0.25) is 0 Å². The number of hydrogen-bond acceptors (Lipinski definition) is 5. The normalized spacial score (nSPS) is 10.4. The molecule has 1 N–H and O–H groups in total. The van der Waals surface area contributed by atoms with E-state index in [4.69, 9.17) is 4.74 Å². The number of ether oxygens (including phenoxy) is 1. The van der Waals surface area contributed by atoms with Crippen molar-refractivity contribution in [2.75, 3.05) is 11.9 Å². The van der Waals surface area contributed by atoms with Crippen molar-refractivity contribution in [2.24, 2.45) is 0 Å². The van der Waals surface area contributed by atoms with Crippen molar-refractivity contribution >= 4 is 34.3 Å². The standard InChI is InChI=1S/C20H16N2O5/c1-13-10-15(22(25)26)7-8-18(13)21-20(24)12-27-19-9-6-14-4-2-3-5-16(14)17(19)11-23/h2-11H,12H2,1H3,(H,21,24). The van der Waals surface area contributed by atoms with E-state index < -0.39 is 10.8 Å². The Hall–Kier alpha value is -3.74. The van der Waals surface area contributed by atoms with Gasteiger partial charge in [-0.15, -0.1) is 0 Å². The highest BCUT2D eigenvalue weighted by Crippen LogP contribution is 2.27. The minimum atomic E-state index is -0.498. The lowest BCUT2D eigenvalue weighted by Gasteiger charge is -2.12. The van der Waals surface area contributed by atoms with Crippen molar-refractivity contribution in [3.8, 4) is 5.75 Å². The summed E-state index contributed by atoms with van der Waals surface area (Å²) in [5.74, 6) is -0.115. The van der Waals surface area contributed by atoms with Crippen LogP contribution in [0.15, 0.2) is 54.6 Å². The molecule has 0 aliphatic rings. The molecular formula is C20H16N2O5. The number of nitrogens with zero attached hydrogens (tertiary/aromatic N) is 1. The predicted molar refractivity (Wildman–Crippen MR) is 101 cm³/mol. The first kappa shape index (κ1) is 18.1. The van der Waals surface area contributed by atoms with Gasteiger partial charge in [0.2, 0.25) is 0 Å². The number of benzene rings is 3. The molecule has 3 rings (SSSR count). The third-order valence-corrected chi connectivity index (χ3v) is 4.10. The van der Waals surface area contributed by atoms with Gasteiger partial charge in [0.15, 0.2) is 12.9 Å². The third-order valence-electron chi connectivity index (χ3n) is 4.10. The number of nitro benzene ring substituents is 1. The van der Waals surface area contributed by atoms with Gasteiger partial charge >= 0.3 is 0 Å². The van der Waals surface area contributed by atoms with E-state index in [9.17, 15) is 19.7 Å². The summed E-state index contributed by atoms with van der Waals surface area (Å²) in [5, 5.41) is 15.1. The summed E-state index contributed by atoms with van der Waals surface area (Å²) in [6.45, 7) is 1.37. The van der Waals surface area contributed by atoms with Gasteiger partial charge in [-0.3, -0.25) is 19.7 Å². The van der Waals surface area contributed by atoms with Crippen molar-refractivity contribution in [3.63, 3.8) is 0 Å². The van der Waals surface area contributed by atoms with Crippen LogP contribution in [0.5, 0.6) is 5.75 Å². The minimum Gasteiger partial charge on any atom is -0.483 e. The van der Waals surface area contributed by atoms with Gasteiger partial charge < -0.3 is 10.1 Å². The number of hydrogen-bond donors (Lipinski definition) is 1. The van der Waals surface area contributed by atoms with Gasteiger partial charge in [0, 0.05) is 17.8 Å². The number of nitro groups is 1. The maximum Gasteiger partial charge on any atom is 0.269 e. The molecule has 0 heterocycles. The molecule has 0 unspecified atom stereocenters. The third kappa shape index (κ3) is 3.92. The molecule has 3 aromatic carbocycles. The average molecular weight is 364 g/mol. The number of aldehydes is 1. The fourth-order valence-corrected chi connectivity index (χ4v) is 2.75. The largest absolute Gasteiger partial charge is 0.483 e. The van der Waals surface area contributed by atoms with Crippen LogP contribution >= 0.6 is 0 Å². The van der Waals surface area contributed by atoms with Crippen LogP contribution in [0.25, 0.3) is 10.8 Å². The molecule has 0 saturated carbocycles. The topological polar surface area (TPSA) is 98.5 Å². The average Bonchev–Trinajstić information content (AvgIpc) is 2.67. The fraction of sp³-hybridized carbons (Fsp3) is 0.100. The minimum absolute atomic E-state index is 0.0477. The molecule has 7 heteroatoms. The highest BCUT2D eigenvalue weighted by Gasteiger charge is 2.13. The first-order chi connectivity index (χ1) is 13.0. The molecular weight excluding hydrogens is 348 g/mol. The molecule has 0 radical (unpaired) electrons. The van der Waals surface area contributed by atoms with Crippen LogP contribution < -0.4 is 10.1 Å². The number of fused-ring (bicyclic) bond motifs is 1. The van der Waals surface area contributed by atoms with E-state index in [0.29, 0.717) is 28.8 Å². The molecule has 0 aliphatic carbocycles. The molecule has 0 aliphatic heterocycles. The Morgan fingerprint density at radius 2 is 1.96 bits per heavy atom. The second-order valence-electron chi connectivity index (χ2n) is 5.91. The highest BCUT2D eigenvalue weighted by molar-refractivity contribution is 6.01. The number of carbonyl (C=O) groups excluding carboxylic acids is 2. The summed E-state index contributed by atoms with van der Waals surface area (Å²) >= 11 is 0. The van der Waals surface area contributed by atoms with E-state index in [1.54, 1.807) is 13.0 Å². The monoisotopic (exact) mass is 364 g/mol. The highest BCUT2D eigenvalue weighted by atomic mass is 16.6. The van der Waals surface area contributed by atoms with E-state index in [2.05, 4.69) is 5.32 Å². The summed E-state index contributed by atoms with van der Waals surface area (Å²) in [4.78, 5) is 33.9. The van der Waals surface area contributed by atoms with Crippen molar-refractivity contribution in [1.82, 2.24) is 0 Å². The Labute approximate surface area is 154 Å². The smallest absolute Gasteiger partial charge is 0.269 e. The maximum absolute atomic E-state index is 12.2. The zero-order chi connectivity index (χ0) is 19.4. The molecule has 0 fully saturated rings. The second kappa shape index (κ2) is 7.65. The van der Waals surface area contributed by atoms with Gasteiger partial charge in [-0.1, -0.05) is 30.3 Å². The molecule has 0 bridgehead atoms. The quantitative estimate of drug-likeness (QED) is 0.406. The number of amides is 1. The predicted octanol–water partition coefficient (Wildman–Crippen LogP) is 3.89. The van der Waals surface area contributed by atoms with E-state index in [-0.39, 0.29) is 12.3 Å². The zero-order valence-corrected chi connectivity index (χ0v) is 14.5. The van der Waals surface area contributed by atoms with Crippen LogP contribution in [0.4, 0.5) is 11.4 Å². The van der Waals surface area contributed by atoms with Crippen molar-refractivity contribution < 1.29 is 19.2 Å². The summed E-state index contributed by atoms with van der Waals surface area (Å²) in [7, 11) is 0. The van der Waals surface area contributed by atoms with Crippen LogP contribution in [0, 0.1) is 17.0 Å². The molecule has 0 spiro atoms. The van der Waals surface area contributed by atoms with Crippen LogP contribution in [0.1, 0.15) is 15.9 Å². The van der Waals surface area contributed by atoms with Gasteiger partial charge in [-0.05, 0) is 35.4 Å². The van der Waals surface area contributed by atoms with Crippen LogP contribution in [0.3, 0.4) is 0 Å². The molecule has 0 aromatic heterocycles. The number of aryl methyl sites for hydroxylation is 1. The molecule has 3 aromatic rings. The molecule has 1 amide bonds. The van der Waals surface area contributed by atoms with Gasteiger partial charge in [-0.25, -0.2) is 0 Å². The molecule has 27 heavy (non-hydrogen) atoms. The lowest BCUT2D eigenvalue weighted by Crippen LogP contribution is -2.21. The van der Waals surface area contributed by atoms with E-state index in [1.807, 2.05) is 30.3 Å². The molecule has 7 nitrogen and oxygen atoms in total. The van der Waals surface area contributed by atoms with Gasteiger partial charge in [0.05, 0.1) is 10.5 Å². The Morgan fingerprint density at radius 3 is 2.67 bits per heavy atom. The van der Waals surface area contributed by atoms with Crippen LogP contribution in [-0.2, 0) is 4.79 Å². The van der Waals surface area contributed by atoms with Crippen molar-refractivity contribution in [2.45, 2.75) is 6.92 Å². The Bertz CT molecular complexity index is 1050. The van der Waals surface area contributed by atoms with Gasteiger partial charge in [-0.2, -0.15) is 0 Å². The first-order valence-electron chi connectivity index (χ1n) is 8.14. The maximum atomic E-state index is 12.2. The Morgan fingerprint density at radius 1 is 1.19 bits per heavy atom. The number of rotatable bonds is 6. The number of anilines is 1. The number of carbonyl (C=O) groups is 2. The van der Waals surface area contributed by atoms with Crippen molar-refractivity contribution in [3.05, 3.63) is 75.8 Å². The van der Waals surface area contributed by atoms with Crippen LogP contribution in [-0.4, -0.2) is 23.7 Å². The molecule has 136 valence electrons. The second-order valence-corrected chi connectivity index (χ2v) is 5.91. The van der Waals surface area contributed by atoms with Gasteiger partial charge in [0.25, 0.3) is 11.6 Å². The summed E-state index contributed by atoms with van der Waals surface area (Å²) in [6, 6.07) is 15.0. The first-order valence-corrected chi connectivity index (χ1v) is 8.14. The lowest BCUT2D eigenvalue weighted by molar-refractivity contribution is -0.384. The zero-order valence-electron chi connectivity index (χ0n) is 14.5. The van der Waals surface area contributed by atoms with Gasteiger partial charge in [0.1, 0.15) is 5.75 Å². The van der Waals surface area contributed by atoms with E-state index in [0.717, 1.165) is 10.8 Å². The molecule has 0 saturated heterocycles. The van der Waals surface area contributed by atoms with Crippen molar-refractivity contribution in [1.29, 1.82) is 0 Å². The SMILES string of the molecule is Cc1cc([N+](=O)[O-])ccc1NC(=O)COc1ccc2ccccc2c1C=O. The Kier molecular flexibility index (Phi) is 5.12.